The first-order valence-corrected chi connectivity index (χ1v) is 8.95. The normalized spacial score (nSPS) is 10.9. The van der Waals surface area contributed by atoms with Crippen molar-refractivity contribution in [2.24, 2.45) is 0 Å². The molecule has 0 radical (unpaired) electrons. The average Bonchev–Trinajstić information content (AvgIpc) is 3.30. The summed E-state index contributed by atoms with van der Waals surface area (Å²) < 4.78 is 1.60. The van der Waals surface area contributed by atoms with Crippen LogP contribution in [0.15, 0.2) is 54.0 Å². The average molecular weight is 378 g/mol. The predicted octanol–water partition coefficient (Wildman–Crippen LogP) is 4.09. The number of fused-ring (bicyclic) bond motifs is 1. The zero-order chi connectivity index (χ0) is 19.0. The van der Waals surface area contributed by atoms with Gasteiger partial charge in [-0.2, -0.15) is 5.10 Å². The number of aryl methyl sites for hydroxylation is 1. The summed E-state index contributed by atoms with van der Waals surface area (Å²) in [5.74, 6) is -0.120. The molecule has 0 aliphatic heterocycles. The van der Waals surface area contributed by atoms with Crippen LogP contribution in [0.3, 0.4) is 0 Å². The topological polar surface area (TPSA) is 96.6 Å². The fraction of sp³-hybridized carbons (Fsp3) is 0.0526. The standard InChI is InChI=1S/C19H14N4O3S/c1-11-8-15(12-4-2-5-13(9-12)22-19(25)26)23-18(21-11)14(10-20-23)17(24)16-6-3-7-27-16/h2-10,22H,1H3,(H,25,26). The molecule has 27 heavy (non-hydrogen) atoms. The van der Waals surface area contributed by atoms with Crippen molar-refractivity contribution in [2.75, 3.05) is 5.32 Å². The molecular weight excluding hydrogens is 364 g/mol. The summed E-state index contributed by atoms with van der Waals surface area (Å²) in [6.45, 7) is 1.84. The second-order valence-electron chi connectivity index (χ2n) is 5.89. The monoisotopic (exact) mass is 378 g/mol. The molecule has 0 bridgehead atoms. The second-order valence-corrected chi connectivity index (χ2v) is 6.84. The number of carbonyl (C=O) groups excluding carboxylic acids is 1. The lowest BCUT2D eigenvalue weighted by Gasteiger charge is -2.09. The van der Waals surface area contributed by atoms with Crippen molar-refractivity contribution in [2.45, 2.75) is 6.92 Å². The van der Waals surface area contributed by atoms with Crippen molar-refractivity contribution >= 4 is 34.5 Å². The van der Waals surface area contributed by atoms with Gasteiger partial charge in [0.15, 0.2) is 5.65 Å². The van der Waals surface area contributed by atoms with Crippen LogP contribution in [0.1, 0.15) is 20.9 Å². The van der Waals surface area contributed by atoms with E-state index < -0.39 is 6.09 Å². The van der Waals surface area contributed by atoms with Gasteiger partial charge in [-0.05, 0) is 36.6 Å². The molecule has 0 unspecified atom stereocenters. The van der Waals surface area contributed by atoms with Gasteiger partial charge in [0.2, 0.25) is 5.78 Å². The van der Waals surface area contributed by atoms with E-state index in [1.54, 1.807) is 28.8 Å². The van der Waals surface area contributed by atoms with Gasteiger partial charge < -0.3 is 5.11 Å². The number of anilines is 1. The number of carbonyl (C=O) groups is 2. The predicted molar refractivity (Wildman–Crippen MR) is 103 cm³/mol. The van der Waals surface area contributed by atoms with Crippen LogP contribution in [-0.4, -0.2) is 31.6 Å². The Hall–Kier alpha value is -3.52. The number of ketones is 1. The summed E-state index contributed by atoms with van der Waals surface area (Å²) >= 11 is 1.37. The molecule has 3 aromatic heterocycles. The summed E-state index contributed by atoms with van der Waals surface area (Å²) in [4.78, 5) is 28.8. The number of amides is 1. The van der Waals surface area contributed by atoms with E-state index in [9.17, 15) is 9.59 Å². The molecule has 0 atom stereocenters. The van der Waals surface area contributed by atoms with Gasteiger partial charge in [0, 0.05) is 16.9 Å². The smallest absolute Gasteiger partial charge is 0.409 e. The lowest BCUT2D eigenvalue weighted by atomic mass is 10.1. The number of hydrogen-bond donors (Lipinski definition) is 2. The molecule has 134 valence electrons. The number of aromatic nitrogens is 3. The van der Waals surface area contributed by atoms with E-state index in [0.29, 0.717) is 21.8 Å². The minimum atomic E-state index is -1.13. The Morgan fingerprint density at radius 3 is 2.78 bits per heavy atom. The molecule has 0 aliphatic carbocycles. The number of benzene rings is 1. The highest BCUT2D eigenvalue weighted by molar-refractivity contribution is 7.12. The summed E-state index contributed by atoms with van der Waals surface area (Å²) in [6, 6.07) is 12.4. The molecule has 4 aromatic rings. The van der Waals surface area contributed by atoms with Crippen LogP contribution in [0.2, 0.25) is 0 Å². The molecule has 0 aliphatic rings. The number of carboxylic acid groups (broad SMARTS) is 1. The minimum absolute atomic E-state index is 0.120. The third-order valence-electron chi connectivity index (χ3n) is 4.00. The van der Waals surface area contributed by atoms with Crippen LogP contribution in [0, 0.1) is 6.92 Å². The minimum Gasteiger partial charge on any atom is -0.465 e. The van der Waals surface area contributed by atoms with E-state index in [1.807, 2.05) is 30.5 Å². The van der Waals surface area contributed by atoms with Gasteiger partial charge in [-0.3, -0.25) is 10.1 Å². The number of thiophene rings is 1. The fourth-order valence-electron chi connectivity index (χ4n) is 2.87. The molecular formula is C19H14N4O3S. The molecule has 2 N–H and O–H groups in total. The largest absolute Gasteiger partial charge is 0.465 e. The Balaban J connectivity index is 1.86. The van der Waals surface area contributed by atoms with Gasteiger partial charge in [-0.1, -0.05) is 18.2 Å². The van der Waals surface area contributed by atoms with E-state index in [-0.39, 0.29) is 5.78 Å². The Bertz CT molecular complexity index is 1170. The van der Waals surface area contributed by atoms with Gasteiger partial charge in [0.1, 0.15) is 0 Å². The second kappa shape index (κ2) is 6.65. The van der Waals surface area contributed by atoms with Crippen molar-refractivity contribution in [3.8, 4) is 11.3 Å². The Kier molecular flexibility index (Phi) is 4.17. The van der Waals surface area contributed by atoms with E-state index in [1.165, 1.54) is 17.5 Å². The van der Waals surface area contributed by atoms with Crippen molar-refractivity contribution in [3.05, 3.63) is 70.2 Å². The van der Waals surface area contributed by atoms with Crippen molar-refractivity contribution in [3.63, 3.8) is 0 Å². The molecule has 1 amide bonds. The highest BCUT2D eigenvalue weighted by Crippen LogP contribution is 2.26. The first kappa shape index (κ1) is 16.9. The molecule has 8 heteroatoms. The van der Waals surface area contributed by atoms with Gasteiger partial charge in [-0.15, -0.1) is 11.3 Å². The molecule has 0 fully saturated rings. The summed E-state index contributed by atoms with van der Waals surface area (Å²) in [7, 11) is 0. The Morgan fingerprint density at radius 2 is 2.04 bits per heavy atom. The number of rotatable bonds is 4. The Labute approximate surface area is 157 Å². The number of hydrogen-bond acceptors (Lipinski definition) is 5. The first-order valence-electron chi connectivity index (χ1n) is 8.07. The SMILES string of the molecule is Cc1cc(-c2cccc(NC(=O)O)c2)n2ncc(C(=O)c3cccs3)c2n1. The maximum atomic E-state index is 12.8. The Morgan fingerprint density at radius 1 is 1.19 bits per heavy atom. The third kappa shape index (κ3) is 3.18. The highest BCUT2D eigenvalue weighted by Gasteiger charge is 2.19. The lowest BCUT2D eigenvalue weighted by Crippen LogP contribution is -2.07. The van der Waals surface area contributed by atoms with Crippen LogP contribution in [0.5, 0.6) is 0 Å². The fourth-order valence-corrected chi connectivity index (χ4v) is 3.55. The van der Waals surface area contributed by atoms with Gasteiger partial charge in [-0.25, -0.2) is 14.3 Å². The quantitative estimate of drug-likeness (QED) is 0.522. The maximum absolute atomic E-state index is 12.8. The van der Waals surface area contributed by atoms with Crippen LogP contribution in [-0.2, 0) is 0 Å². The summed E-state index contributed by atoms with van der Waals surface area (Å²) in [5.41, 5.74) is 3.56. The van der Waals surface area contributed by atoms with Gasteiger partial charge in [0.25, 0.3) is 0 Å². The van der Waals surface area contributed by atoms with E-state index in [4.69, 9.17) is 5.11 Å². The molecule has 7 nitrogen and oxygen atoms in total. The van der Waals surface area contributed by atoms with Crippen molar-refractivity contribution < 1.29 is 14.7 Å². The lowest BCUT2D eigenvalue weighted by molar-refractivity contribution is 0.104. The van der Waals surface area contributed by atoms with Crippen LogP contribution >= 0.6 is 11.3 Å². The molecule has 0 saturated heterocycles. The van der Waals surface area contributed by atoms with E-state index in [0.717, 1.165) is 17.0 Å². The number of nitrogens with one attached hydrogen (secondary N) is 1. The van der Waals surface area contributed by atoms with Gasteiger partial charge >= 0.3 is 6.09 Å². The van der Waals surface area contributed by atoms with Crippen LogP contribution in [0.25, 0.3) is 16.9 Å². The third-order valence-corrected chi connectivity index (χ3v) is 4.87. The first-order chi connectivity index (χ1) is 13.0. The molecule has 1 aromatic carbocycles. The van der Waals surface area contributed by atoms with Crippen molar-refractivity contribution in [1.82, 2.24) is 14.6 Å². The van der Waals surface area contributed by atoms with E-state index >= 15 is 0 Å². The van der Waals surface area contributed by atoms with Crippen LogP contribution < -0.4 is 5.32 Å². The molecule has 3 heterocycles. The highest BCUT2D eigenvalue weighted by atomic mass is 32.1. The molecule has 0 spiro atoms. The van der Waals surface area contributed by atoms with Crippen molar-refractivity contribution in [1.29, 1.82) is 0 Å². The van der Waals surface area contributed by atoms with Crippen LogP contribution in [0.4, 0.5) is 10.5 Å². The zero-order valence-corrected chi connectivity index (χ0v) is 15.0. The van der Waals surface area contributed by atoms with E-state index in [2.05, 4.69) is 15.4 Å². The molecule has 0 saturated carbocycles. The molecule has 4 rings (SSSR count). The van der Waals surface area contributed by atoms with Gasteiger partial charge in [0.05, 0.1) is 22.3 Å². The zero-order valence-electron chi connectivity index (χ0n) is 14.2. The maximum Gasteiger partial charge on any atom is 0.409 e. The number of nitrogens with zero attached hydrogens (tertiary/aromatic N) is 3. The summed E-state index contributed by atoms with van der Waals surface area (Å²) in [5, 5.41) is 17.5. The summed E-state index contributed by atoms with van der Waals surface area (Å²) in [6.07, 6.45) is 0.387.